The van der Waals surface area contributed by atoms with E-state index < -0.39 is 6.10 Å². The molecule has 0 aliphatic rings. The summed E-state index contributed by atoms with van der Waals surface area (Å²) in [6, 6.07) is 12.2. The van der Waals surface area contributed by atoms with E-state index in [0.29, 0.717) is 17.3 Å². The van der Waals surface area contributed by atoms with E-state index in [2.05, 4.69) is 28.6 Å². The molecule has 1 aromatic carbocycles. The standard InChI is InChI=1S/C16H15NO2S/c1-10(18)15-11(2)19-16(17-15)13-6-3-5-12(9-13)14-7-4-8-20-14/h3-10,18H,1-2H3. The van der Waals surface area contributed by atoms with Crippen molar-refractivity contribution >= 4 is 11.3 Å². The molecule has 0 fully saturated rings. The molecular weight excluding hydrogens is 270 g/mol. The van der Waals surface area contributed by atoms with Gasteiger partial charge in [-0.25, -0.2) is 4.98 Å². The Kier molecular flexibility index (Phi) is 3.42. The second kappa shape index (κ2) is 5.23. The lowest BCUT2D eigenvalue weighted by Gasteiger charge is -2.00. The molecule has 3 aromatic rings. The second-order valence-corrected chi connectivity index (χ2v) is 5.64. The number of aliphatic hydroxyl groups excluding tert-OH is 1. The number of hydrogen-bond donors (Lipinski definition) is 1. The van der Waals surface area contributed by atoms with Crippen molar-refractivity contribution in [3.8, 4) is 21.9 Å². The van der Waals surface area contributed by atoms with Crippen LogP contribution in [-0.2, 0) is 0 Å². The molecule has 0 aliphatic carbocycles. The maximum Gasteiger partial charge on any atom is 0.226 e. The molecule has 1 unspecified atom stereocenters. The van der Waals surface area contributed by atoms with Crippen molar-refractivity contribution in [2.75, 3.05) is 0 Å². The van der Waals surface area contributed by atoms with Crippen molar-refractivity contribution < 1.29 is 9.52 Å². The predicted octanol–water partition coefficient (Wildman–Crippen LogP) is 4.43. The molecule has 1 N–H and O–H groups in total. The van der Waals surface area contributed by atoms with Gasteiger partial charge in [0.25, 0.3) is 0 Å². The molecular formula is C16H15NO2S. The quantitative estimate of drug-likeness (QED) is 0.774. The molecule has 4 heteroatoms. The van der Waals surface area contributed by atoms with Crippen LogP contribution in [0.2, 0.25) is 0 Å². The summed E-state index contributed by atoms with van der Waals surface area (Å²) in [5.41, 5.74) is 2.67. The van der Waals surface area contributed by atoms with Gasteiger partial charge in [-0.2, -0.15) is 0 Å². The van der Waals surface area contributed by atoms with Crippen LogP contribution in [0.25, 0.3) is 21.9 Å². The SMILES string of the molecule is Cc1oc(-c2cccc(-c3cccs3)c2)nc1C(C)O. The fourth-order valence-electron chi connectivity index (χ4n) is 2.17. The van der Waals surface area contributed by atoms with E-state index >= 15 is 0 Å². The van der Waals surface area contributed by atoms with E-state index in [1.54, 1.807) is 18.3 Å². The van der Waals surface area contributed by atoms with Crippen LogP contribution in [-0.4, -0.2) is 10.1 Å². The number of aromatic nitrogens is 1. The fourth-order valence-corrected chi connectivity index (χ4v) is 2.89. The highest BCUT2D eigenvalue weighted by Gasteiger charge is 2.15. The lowest BCUT2D eigenvalue weighted by atomic mass is 10.1. The molecule has 1 atom stereocenters. The second-order valence-electron chi connectivity index (χ2n) is 4.69. The van der Waals surface area contributed by atoms with Crippen molar-refractivity contribution in [1.82, 2.24) is 4.98 Å². The van der Waals surface area contributed by atoms with Gasteiger partial charge in [0.15, 0.2) is 0 Å². The van der Waals surface area contributed by atoms with Gasteiger partial charge in [0, 0.05) is 10.4 Å². The molecule has 2 heterocycles. The van der Waals surface area contributed by atoms with Crippen molar-refractivity contribution in [3.63, 3.8) is 0 Å². The summed E-state index contributed by atoms with van der Waals surface area (Å²) in [7, 11) is 0. The lowest BCUT2D eigenvalue weighted by molar-refractivity contribution is 0.193. The Morgan fingerprint density at radius 1 is 1.20 bits per heavy atom. The number of aryl methyl sites for hydroxylation is 1. The van der Waals surface area contributed by atoms with E-state index in [4.69, 9.17) is 4.42 Å². The Hall–Kier alpha value is -1.91. The first-order valence-corrected chi connectivity index (χ1v) is 7.33. The molecule has 0 saturated heterocycles. The topological polar surface area (TPSA) is 46.3 Å². The van der Waals surface area contributed by atoms with E-state index in [9.17, 15) is 5.11 Å². The highest BCUT2D eigenvalue weighted by molar-refractivity contribution is 7.13. The summed E-state index contributed by atoms with van der Waals surface area (Å²) < 4.78 is 5.67. The number of hydrogen-bond acceptors (Lipinski definition) is 4. The van der Waals surface area contributed by atoms with Crippen molar-refractivity contribution in [3.05, 3.63) is 53.2 Å². The first kappa shape index (κ1) is 13.1. The van der Waals surface area contributed by atoms with Crippen molar-refractivity contribution in [2.45, 2.75) is 20.0 Å². The normalized spacial score (nSPS) is 12.6. The highest BCUT2D eigenvalue weighted by atomic mass is 32.1. The molecule has 3 rings (SSSR count). The number of aliphatic hydroxyl groups is 1. The number of thiophene rings is 1. The first-order valence-electron chi connectivity index (χ1n) is 6.45. The largest absolute Gasteiger partial charge is 0.441 e. The van der Waals surface area contributed by atoms with Crippen LogP contribution in [0.4, 0.5) is 0 Å². The molecule has 2 aromatic heterocycles. The molecule has 0 amide bonds. The Labute approximate surface area is 121 Å². The van der Waals surface area contributed by atoms with Crippen LogP contribution in [0.3, 0.4) is 0 Å². The Morgan fingerprint density at radius 3 is 2.65 bits per heavy atom. The number of benzene rings is 1. The van der Waals surface area contributed by atoms with Gasteiger partial charge in [-0.1, -0.05) is 18.2 Å². The minimum Gasteiger partial charge on any atom is -0.441 e. The van der Waals surface area contributed by atoms with Crippen molar-refractivity contribution in [1.29, 1.82) is 0 Å². The van der Waals surface area contributed by atoms with Crippen molar-refractivity contribution in [2.24, 2.45) is 0 Å². The highest BCUT2D eigenvalue weighted by Crippen LogP contribution is 2.30. The zero-order valence-electron chi connectivity index (χ0n) is 11.3. The summed E-state index contributed by atoms with van der Waals surface area (Å²) in [6.07, 6.45) is -0.618. The zero-order chi connectivity index (χ0) is 14.1. The van der Waals surface area contributed by atoms with Crippen LogP contribution in [0.15, 0.2) is 46.2 Å². The molecule has 102 valence electrons. The Balaban J connectivity index is 2.03. The summed E-state index contributed by atoms with van der Waals surface area (Å²) in [6.45, 7) is 3.51. The predicted molar refractivity (Wildman–Crippen MR) is 80.6 cm³/mol. The maximum absolute atomic E-state index is 9.65. The number of rotatable bonds is 3. The minimum absolute atomic E-state index is 0.553. The van der Waals surface area contributed by atoms with Crippen LogP contribution >= 0.6 is 11.3 Å². The van der Waals surface area contributed by atoms with E-state index in [0.717, 1.165) is 11.1 Å². The van der Waals surface area contributed by atoms with Gasteiger partial charge < -0.3 is 9.52 Å². The molecule has 0 bridgehead atoms. The molecule has 0 saturated carbocycles. The van der Waals surface area contributed by atoms with E-state index in [1.807, 2.05) is 25.1 Å². The Morgan fingerprint density at radius 2 is 2.00 bits per heavy atom. The fraction of sp³-hybridized carbons (Fsp3) is 0.188. The summed E-state index contributed by atoms with van der Waals surface area (Å²) in [5, 5.41) is 11.7. The van der Waals surface area contributed by atoms with E-state index in [1.165, 1.54) is 4.88 Å². The van der Waals surface area contributed by atoms with Gasteiger partial charge in [0.1, 0.15) is 11.5 Å². The summed E-state index contributed by atoms with van der Waals surface area (Å²) in [4.78, 5) is 5.60. The first-order chi connectivity index (χ1) is 9.65. The van der Waals surface area contributed by atoms with Gasteiger partial charge in [-0.15, -0.1) is 11.3 Å². The van der Waals surface area contributed by atoms with Gasteiger partial charge in [0.05, 0.1) is 6.10 Å². The molecule has 0 aliphatic heterocycles. The monoisotopic (exact) mass is 285 g/mol. The maximum atomic E-state index is 9.65. The van der Waals surface area contributed by atoms with Gasteiger partial charge in [-0.3, -0.25) is 0 Å². The van der Waals surface area contributed by atoms with Crippen LogP contribution < -0.4 is 0 Å². The third-order valence-corrected chi connectivity index (χ3v) is 4.06. The third-order valence-electron chi connectivity index (χ3n) is 3.14. The number of nitrogens with zero attached hydrogens (tertiary/aromatic N) is 1. The molecule has 0 spiro atoms. The van der Waals surface area contributed by atoms with Crippen LogP contribution in [0, 0.1) is 6.92 Å². The smallest absolute Gasteiger partial charge is 0.226 e. The number of oxazole rings is 1. The summed E-state index contributed by atoms with van der Waals surface area (Å²) >= 11 is 1.70. The average Bonchev–Trinajstić information content (AvgIpc) is 3.08. The van der Waals surface area contributed by atoms with Gasteiger partial charge in [-0.05, 0) is 43.0 Å². The Bertz CT molecular complexity index is 714. The van der Waals surface area contributed by atoms with E-state index in [-0.39, 0.29) is 0 Å². The van der Waals surface area contributed by atoms with Gasteiger partial charge >= 0.3 is 0 Å². The third kappa shape index (κ3) is 2.40. The van der Waals surface area contributed by atoms with Crippen LogP contribution in [0.1, 0.15) is 24.5 Å². The average molecular weight is 285 g/mol. The molecule has 0 radical (unpaired) electrons. The van der Waals surface area contributed by atoms with Crippen LogP contribution in [0.5, 0.6) is 0 Å². The minimum atomic E-state index is -0.618. The molecule has 20 heavy (non-hydrogen) atoms. The lowest BCUT2D eigenvalue weighted by Crippen LogP contribution is -1.93. The molecule has 3 nitrogen and oxygen atoms in total. The summed E-state index contributed by atoms with van der Waals surface area (Å²) in [5.74, 6) is 1.22. The zero-order valence-corrected chi connectivity index (χ0v) is 12.1. The van der Waals surface area contributed by atoms with Gasteiger partial charge in [0.2, 0.25) is 5.89 Å².